The molecule has 0 bridgehead atoms. The first-order valence-electron chi connectivity index (χ1n) is 10.6. The number of hydrogen-bond acceptors (Lipinski definition) is 4. The van der Waals surface area contributed by atoms with Gasteiger partial charge >= 0.3 is 6.61 Å². The Hall–Kier alpha value is -1.64. The Morgan fingerprint density at radius 2 is 2.13 bits per heavy atom. The van der Waals surface area contributed by atoms with E-state index >= 15 is 0 Å². The molecule has 0 aliphatic carbocycles. The monoisotopic (exact) mass is 444 g/mol. The Bertz CT molecular complexity index is 694. The minimum atomic E-state index is -2.89. The summed E-state index contributed by atoms with van der Waals surface area (Å²) >= 11 is 6.02. The normalized spacial score (nSPS) is 21.2. The number of guanidine groups is 1. The van der Waals surface area contributed by atoms with Gasteiger partial charge in [0.25, 0.3) is 0 Å². The fraction of sp³-hybridized carbons (Fsp3) is 0.667. The van der Waals surface area contributed by atoms with Crippen molar-refractivity contribution in [1.29, 1.82) is 0 Å². The summed E-state index contributed by atoms with van der Waals surface area (Å²) in [7, 11) is 0. The van der Waals surface area contributed by atoms with Crippen molar-refractivity contribution >= 4 is 17.6 Å². The van der Waals surface area contributed by atoms with Crippen LogP contribution in [0.25, 0.3) is 0 Å². The summed E-state index contributed by atoms with van der Waals surface area (Å²) in [5.41, 5.74) is 0.522. The molecule has 2 aliphatic heterocycles. The van der Waals surface area contributed by atoms with Crippen molar-refractivity contribution in [2.24, 2.45) is 10.9 Å². The van der Waals surface area contributed by atoms with Crippen molar-refractivity contribution in [2.75, 3.05) is 39.4 Å². The Labute approximate surface area is 182 Å². The van der Waals surface area contributed by atoms with Crippen LogP contribution in [-0.4, -0.2) is 62.9 Å². The summed E-state index contributed by atoms with van der Waals surface area (Å²) in [6, 6.07) is 4.92. The van der Waals surface area contributed by atoms with Crippen LogP contribution in [0.1, 0.15) is 31.7 Å². The number of nitrogens with one attached hydrogen (secondary N) is 2. The van der Waals surface area contributed by atoms with E-state index in [9.17, 15) is 8.78 Å². The topological polar surface area (TPSA) is 58.1 Å². The van der Waals surface area contributed by atoms with E-state index in [-0.39, 0.29) is 12.3 Å². The number of benzene rings is 1. The molecule has 0 radical (unpaired) electrons. The van der Waals surface area contributed by atoms with Gasteiger partial charge in [-0.15, -0.1) is 0 Å². The summed E-state index contributed by atoms with van der Waals surface area (Å²) in [5, 5.41) is 7.17. The summed E-state index contributed by atoms with van der Waals surface area (Å²) in [5.74, 6) is 1.43. The van der Waals surface area contributed by atoms with Crippen molar-refractivity contribution in [2.45, 2.75) is 45.4 Å². The fourth-order valence-corrected chi connectivity index (χ4v) is 4.11. The summed E-state index contributed by atoms with van der Waals surface area (Å²) < 4.78 is 35.4. The van der Waals surface area contributed by atoms with E-state index in [4.69, 9.17) is 16.3 Å². The maximum absolute atomic E-state index is 12.7. The number of ether oxygens (including phenoxy) is 2. The number of piperidine rings is 1. The number of likely N-dealkylation sites (tertiary alicyclic amines) is 1. The zero-order valence-corrected chi connectivity index (χ0v) is 18.1. The van der Waals surface area contributed by atoms with Crippen molar-refractivity contribution in [3.05, 3.63) is 28.8 Å². The average molecular weight is 445 g/mol. The van der Waals surface area contributed by atoms with E-state index in [1.165, 1.54) is 12.1 Å². The predicted molar refractivity (Wildman–Crippen MR) is 114 cm³/mol. The number of halogens is 3. The number of rotatable bonds is 8. The molecule has 0 amide bonds. The number of nitrogens with zero attached hydrogens (tertiary/aromatic N) is 2. The molecule has 2 aliphatic rings. The zero-order valence-electron chi connectivity index (χ0n) is 17.4. The van der Waals surface area contributed by atoms with Crippen molar-refractivity contribution in [1.82, 2.24) is 15.5 Å². The Morgan fingerprint density at radius 3 is 2.80 bits per heavy atom. The molecule has 3 rings (SSSR count). The van der Waals surface area contributed by atoms with E-state index in [0.717, 1.165) is 52.1 Å². The van der Waals surface area contributed by atoms with E-state index < -0.39 is 6.61 Å². The number of aliphatic imine (C=N–C) groups is 1. The van der Waals surface area contributed by atoms with E-state index in [1.807, 2.05) is 6.92 Å². The van der Waals surface area contributed by atoms with Gasteiger partial charge in [0.15, 0.2) is 5.96 Å². The molecule has 2 N–H and O–H groups in total. The molecule has 2 heterocycles. The molecule has 6 nitrogen and oxygen atoms in total. The average Bonchev–Trinajstić information content (AvgIpc) is 3.22. The SMILES string of the molecule is CCNC(=NCc1cc(Cl)ccc1OC(F)F)NC1CCN(CC2CCOC2)CC1. The summed E-state index contributed by atoms with van der Waals surface area (Å²) in [6.45, 7) is 5.00. The van der Waals surface area contributed by atoms with Gasteiger partial charge in [-0.2, -0.15) is 8.78 Å². The molecule has 1 aromatic rings. The molecule has 1 aromatic carbocycles. The van der Waals surface area contributed by atoms with Gasteiger partial charge in [0, 0.05) is 49.4 Å². The number of hydrogen-bond donors (Lipinski definition) is 2. The molecule has 168 valence electrons. The van der Waals surface area contributed by atoms with E-state index in [0.29, 0.717) is 35.1 Å². The van der Waals surface area contributed by atoms with Crippen LogP contribution in [0.3, 0.4) is 0 Å². The molecule has 2 saturated heterocycles. The Balaban J connectivity index is 1.54. The lowest BCUT2D eigenvalue weighted by molar-refractivity contribution is -0.0504. The van der Waals surface area contributed by atoms with Crippen LogP contribution in [-0.2, 0) is 11.3 Å². The molecular formula is C21H31ClF2N4O2. The predicted octanol–water partition coefficient (Wildman–Crippen LogP) is 3.50. The van der Waals surface area contributed by atoms with Gasteiger partial charge in [0.05, 0.1) is 13.2 Å². The van der Waals surface area contributed by atoms with Gasteiger partial charge in [-0.3, -0.25) is 0 Å². The molecule has 9 heteroatoms. The van der Waals surface area contributed by atoms with Crippen LogP contribution >= 0.6 is 11.6 Å². The van der Waals surface area contributed by atoms with Gasteiger partial charge in [0.1, 0.15) is 5.75 Å². The second-order valence-electron chi connectivity index (χ2n) is 7.77. The molecule has 2 fully saturated rings. The van der Waals surface area contributed by atoms with E-state index in [2.05, 4.69) is 25.3 Å². The van der Waals surface area contributed by atoms with Crippen molar-refractivity contribution in [3.63, 3.8) is 0 Å². The lowest BCUT2D eigenvalue weighted by Gasteiger charge is -2.34. The van der Waals surface area contributed by atoms with Crippen LogP contribution in [0.15, 0.2) is 23.2 Å². The molecule has 30 heavy (non-hydrogen) atoms. The largest absolute Gasteiger partial charge is 0.434 e. The van der Waals surface area contributed by atoms with Gasteiger partial charge in [-0.1, -0.05) is 11.6 Å². The highest BCUT2D eigenvalue weighted by molar-refractivity contribution is 6.30. The lowest BCUT2D eigenvalue weighted by atomic mass is 10.0. The quantitative estimate of drug-likeness (QED) is 0.475. The maximum atomic E-state index is 12.7. The fourth-order valence-electron chi connectivity index (χ4n) is 3.91. The second kappa shape index (κ2) is 11.7. The number of alkyl halides is 2. The van der Waals surface area contributed by atoms with Crippen LogP contribution in [0.2, 0.25) is 5.02 Å². The minimum Gasteiger partial charge on any atom is -0.434 e. The first-order valence-corrected chi connectivity index (χ1v) is 11.0. The standard InChI is InChI=1S/C21H31ClF2N4O2/c1-2-25-21(26-12-16-11-17(22)3-4-19(16)30-20(23)24)27-18-5-8-28(9-6-18)13-15-7-10-29-14-15/h3-4,11,15,18,20H,2,5-10,12-14H2,1H3,(H2,25,26,27). The highest BCUT2D eigenvalue weighted by Crippen LogP contribution is 2.25. The van der Waals surface area contributed by atoms with Crippen LogP contribution < -0.4 is 15.4 Å². The highest BCUT2D eigenvalue weighted by Gasteiger charge is 2.24. The third kappa shape index (κ3) is 7.25. The third-order valence-corrected chi connectivity index (χ3v) is 5.69. The first kappa shape index (κ1) is 23.0. The summed E-state index contributed by atoms with van der Waals surface area (Å²) in [6.07, 6.45) is 3.24. The Kier molecular flexibility index (Phi) is 8.96. The lowest BCUT2D eigenvalue weighted by Crippen LogP contribution is -2.49. The van der Waals surface area contributed by atoms with Crippen LogP contribution in [0, 0.1) is 5.92 Å². The third-order valence-electron chi connectivity index (χ3n) is 5.46. The first-order chi connectivity index (χ1) is 14.5. The van der Waals surface area contributed by atoms with Gasteiger partial charge < -0.3 is 25.0 Å². The smallest absolute Gasteiger partial charge is 0.387 e. The molecule has 0 aromatic heterocycles. The van der Waals surface area contributed by atoms with Crippen molar-refractivity contribution in [3.8, 4) is 5.75 Å². The van der Waals surface area contributed by atoms with Gasteiger partial charge in [0.2, 0.25) is 0 Å². The molecular weight excluding hydrogens is 414 g/mol. The Morgan fingerprint density at radius 1 is 1.33 bits per heavy atom. The molecule has 0 spiro atoms. The highest BCUT2D eigenvalue weighted by atomic mass is 35.5. The zero-order chi connectivity index (χ0) is 21.3. The molecule has 1 unspecified atom stereocenters. The van der Waals surface area contributed by atoms with Gasteiger partial charge in [-0.25, -0.2) is 4.99 Å². The second-order valence-corrected chi connectivity index (χ2v) is 8.21. The summed E-state index contributed by atoms with van der Waals surface area (Å²) in [4.78, 5) is 7.09. The molecule has 0 saturated carbocycles. The van der Waals surface area contributed by atoms with Crippen LogP contribution in [0.5, 0.6) is 5.75 Å². The van der Waals surface area contributed by atoms with Gasteiger partial charge in [-0.05, 0) is 50.3 Å². The molecule has 1 atom stereocenters. The van der Waals surface area contributed by atoms with Crippen molar-refractivity contribution < 1.29 is 18.3 Å². The van der Waals surface area contributed by atoms with Crippen LogP contribution in [0.4, 0.5) is 8.78 Å². The maximum Gasteiger partial charge on any atom is 0.387 e. The minimum absolute atomic E-state index is 0.0956. The van der Waals surface area contributed by atoms with E-state index in [1.54, 1.807) is 6.07 Å².